The van der Waals surface area contributed by atoms with Gasteiger partial charge < -0.3 is 9.14 Å². The van der Waals surface area contributed by atoms with E-state index in [-0.39, 0.29) is 5.78 Å². The highest BCUT2D eigenvalue weighted by Crippen LogP contribution is 2.20. The number of fused-ring (bicyclic) bond motifs is 1. The number of aromatic nitrogens is 2. The van der Waals surface area contributed by atoms with Crippen LogP contribution in [-0.2, 0) is 0 Å². The first-order valence-corrected chi connectivity index (χ1v) is 4.24. The van der Waals surface area contributed by atoms with Crippen molar-refractivity contribution in [2.75, 3.05) is 7.11 Å². The number of hydrogen-bond donors (Lipinski definition) is 0. The molecule has 0 saturated carbocycles. The number of pyridine rings is 1. The summed E-state index contributed by atoms with van der Waals surface area (Å²) in [5.74, 6) is 0.550. The Labute approximate surface area is 81.1 Å². The number of hydrogen-bond acceptors (Lipinski definition) is 3. The summed E-state index contributed by atoms with van der Waals surface area (Å²) in [5, 5.41) is 0. The predicted molar refractivity (Wildman–Crippen MR) is 51.7 cm³/mol. The van der Waals surface area contributed by atoms with Gasteiger partial charge in [0.1, 0.15) is 11.4 Å². The van der Waals surface area contributed by atoms with Crippen molar-refractivity contribution in [3.8, 4) is 5.75 Å². The van der Waals surface area contributed by atoms with Crippen LogP contribution in [0.2, 0.25) is 0 Å². The molecule has 14 heavy (non-hydrogen) atoms. The van der Waals surface area contributed by atoms with Crippen LogP contribution in [0.5, 0.6) is 5.75 Å². The number of ketones is 1. The number of nitrogens with zero attached hydrogens (tertiary/aromatic N) is 2. The Morgan fingerprint density at radius 1 is 1.57 bits per heavy atom. The van der Waals surface area contributed by atoms with Gasteiger partial charge in [0.25, 0.3) is 0 Å². The number of imidazole rings is 1. The van der Waals surface area contributed by atoms with Gasteiger partial charge in [-0.1, -0.05) is 0 Å². The van der Waals surface area contributed by atoms with E-state index in [2.05, 4.69) is 4.98 Å². The number of rotatable bonds is 2. The highest BCUT2D eigenvalue weighted by molar-refractivity contribution is 5.97. The van der Waals surface area contributed by atoms with Crippen molar-refractivity contribution < 1.29 is 9.53 Å². The normalized spacial score (nSPS) is 10.4. The van der Waals surface area contributed by atoms with Gasteiger partial charge in [0.15, 0.2) is 5.78 Å². The molecule has 0 amide bonds. The van der Waals surface area contributed by atoms with Crippen LogP contribution in [0.15, 0.2) is 24.7 Å². The minimum absolute atomic E-state index is 0.0162. The van der Waals surface area contributed by atoms with Gasteiger partial charge in [-0.3, -0.25) is 4.79 Å². The van der Waals surface area contributed by atoms with Crippen molar-refractivity contribution in [1.29, 1.82) is 0 Å². The Balaban J connectivity index is 2.72. The second-order valence-corrected chi connectivity index (χ2v) is 3.00. The lowest BCUT2D eigenvalue weighted by molar-refractivity contribution is 0.101. The van der Waals surface area contributed by atoms with Crippen LogP contribution in [0.4, 0.5) is 0 Å². The molecule has 0 aromatic carbocycles. The van der Waals surface area contributed by atoms with Gasteiger partial charge >= 0.3 is 0 Å². The summed E-state index contributed by atoms with van der Waals surface area (Å²) in [7, 11) is 1.54. The molecule has 0 bridgehead atoms. The molecule has 0 aliphatic rings. The van der Waals surface area contributed by atoms with E-state index in [4.69, 9.17) is 4.74 Å². The van der Waals surface area contributed by atoms with E-state index in [0.717, 1.165) is 5.65 Å². The average molecular weight is 190 g/mol. The van der Waals surface area contributed by atoms with Crippen LogP contribution in [0, 0.1) is 0 Å². The van der Waals surface area contributed by atoms with Crippen molar-refractivity contribution in [2.24, 2.45) is 0 Å². The maximum absolute atomic E-state index is 11.3. The van der Waals surface area contributed by atoms with Crippen LogP contribution in [0.1, 0.15) is 17.3 Å². The van der Waals surface area contributed by atoms with Gasteiger partial charge in [0, 0.05) is 24.7 Å². The summed E-state index contributed by atoms with van der Waals surface area (Å²) in [4.78, 5) is 15.4. The van der Waals surface area contributed by atoms with Crippen LogP contribution >= 0.6 is 0 Å². The van der Waals surface area contributed by atoms with E-state index in [1.807, 2.05) is 0 Å². The SMILES string of the molecule is COc1cc2nccn2cc1C(C)=O. The van der Waals surface area contributed by atoms with Gasteiger partial charge in [-0.05, 0) is 6.92 Å². The standard InChI is InChI=1S/C10H10N2O2/c1-7(13)8-6-12-4-3-11-10(12)5-9(8)14-2/h3-6H,1-2H3. The molecule has 4 nitrogen and oxygen atoms in total. The van der Waals surface area contributed by atoms with E-state index in [0.29, 0.717) is 11.3 Å². The molecular formula is C10H10N2O2. The molecule has 0 spiro atoms. The zero-order valence-electron chi connectivity index (χ0n) is 8.02. The lowest BCUT2D eigenvalue weighted by Gasteiger charge is -2.05. The monoisotopic (exact) mass is 190 g/mol. The Hall–Kier alpha value is -1.84. The second-order valence-electron chi connectivity index (χ2n) is 3.00. The lowest BCUT2D eigenvalue weighted by Crippen LogP contribution is -2.00. The van der Waals surface area contributed by atoms with Crippen molar-refractivity contribution in [3.05, 3.63) is 30.2 Å². The van der Waals surface area contributed by atoms with Gasteiger partial charge in [-0.25, -0.2) is 4.98 Å². The Morgan fingerprint density at radius 3 is 3.00 bits per heavy atom. The molecule has 2 aromatic rings. The van der Waals surface area contributed by atoms with Gasteiger partial charge in [0.05, 0.1) is 12.7 Å². The minimum Gasteiger partial charge on any atom is -0.496 e. The summed E-state index contributed by atoms with van der Waals surface area (Å²) in [5.41, 5.74) is 1.34. The number of Topliss-reactive ketones (excluding diaryl/α,β-unsaturated/α-hetero) is 1. The summed E-state index contributed by atoms with van der Waals surface area (Å²) in [6.07, 6.45) is 5.20. The first-order chi connectivity index (χ1) is 6.72. The average Bonchev–Trinajstić information content (AvgIpc) is 2.62. The Morgan fingerprint density at radius 2 is 2.36 bits per heavy atom. The maximum Gasteiger partial charge on any atom is 0.165 e. The van der Waals surface area contributed by atoms with Crippen LogP contribution in [0.25, 0.3) is 5.65 Å². The molecule has 0 fully saturated rings. The fourth-order valence-corrected chi connectivity index (χ4v) is 1.38. The van der Waals surface area contributed by atoms with Crippen molar-refractivity contribution in [3.63, 3.8) is 0 Å². The molecule has 0 atom stereocenters. The number of carbonyl (C=O) groups excluding carboxylic acids is 1. The van der Waals surface area contributed by atoms with Crippen molar-refractivity contribution >= 4 is 11.4 Å². The van der Waals surface area contributed by atoms with Crippen LogP contribution < -0.4 is 4.74 Å². The molecule has 2 heterocycles. The number of ether oxygens (including phenoxy) is 1. The topological polar surface area (TPSA) is 43.6 Å². The Bertz CT molecular complexity index is 488. The molecule has 0 saturated heterocycles. The summed E-state index contributed by atoms with van der Waals surface area (Å²) < 4.78 is 6.90. The van der Waals surface area contributed by atoms with E-state index in [9.17, 15) is 4.79 Å². The quantitative estimate of drug-likeness (QED) is 0.675. The first-order valence-electron chi connectivity index (χ1n) is 4.24. The third-order valence-electron chi connectivity index (χ3n) is 2.09. The fraction of sp³-hybridized carbons (Fsp3) is 0.200. The molecule has 0 aliphatic heterocycles. The molecule has 2 aromatic heterocycles. The summed E-state index contributed by atoms with van der Waals surface area (Å²) >= 11 is 0. The Kier molecular flexibility index (Phi) is 1.96. The molecule has 0 aliphatic carbocycles. The molecular weight excluding hydrogens is 180 g/mol. The fourth-order valence-electron chi connectivity index (χ4n) is 1.38. The minimum atomic E-state index is -0.0162. The molecule has 0 N–H and O–H groups in total. The van der Waals surface area contributed by atoms with Crippen molar-refractivity contribution in [2.45, 2.75) is 6.92 Å². The molecule has 2 rings (SSSR count). The third-order valence-corrected chi connectivity index (χ3v) is 2.09. The van der Waals surface area contributed by atoms with Crippen LogP contribution in [-0.4, -0.2) is 22.3 Å². The van der Waals surface area contributed by atoms with Gasteiger partial charge in [-0.2, -0.15) is 0 Å². The highest BCUT2D eigenvalue weighted by Gasteiger charge is 2.09. The molecule has 72 valence electrons. The molecule has 4 heteroatoms. The zero-order chi connectivity index (χ0) is 10.1. The maximum atomic E-state index is 11.3. The summed E-state index contributed by atoms with van der Waals surface area (Å²) in [6.45, 7) is 1.51. The second kappa shape index (κ2) is 3.14. The number of methoxy groups -OCH3 is 1. The van der Waals surface area contributed by atoms with Gasteiger partial charge in [0.2, 0.25) is 0 Å². The molecule has 0 unspecified atom stereocenters. The largest absolute Gasteiger partial charge is 0.496 e. The number of carbonyl (C=O) groups is 1. The highest BCUT2D eigenvalue weighted by atomic mass is 16.5. The molecule has 0 radical (unpaired) electrons. The zero-order valence-corrected chi connectivity index (χ0v) is 8.02. The van der Waals surface area contributed by atoms with Gasteiger partial charge in [-0.15, -0.1) is 0 Å². The smallest absolute Gasteiger partial charge is 0.165 e. The first kappa shape index (κ1) is 8.74. The van der Waals surface area contributed by atoms with E-state index in [1.54, 1.807) is 36.2 Å². The van der Waals surface area contributed by atoms with Crippen molar-refractivity contribution in [1.82, 2.24) is 9.38 Å². The predicted octanol–water partition coefficient (Wildman–Crippen LogP) is 1.55. The summed E-state index contributed by atoms with van der Waals surface area (Å²) in [6, 6.07) is 1.75. The van der Waals surface area contributed by atoms with E-state index < -0.39 is 0 Å². The van der Waals surface area contributed by atoms with E-state index in [1.165, 1.54) is 6.92 Å². The van der Waals surface area contributed by atoms with Crippen LogP contribution in [0.3, 0.4) is 0 Å². The van der Waals surface area contributed by atoms with E-state index >= 15 is 0 Å². The third kappa shape index (κ3) is 1.25. The lowest BCUT2D eigenvalue weighted by atomic mass is 10.2.